The van der Waals surface area contributed by atoms with E-state index in [-0.39, 0.29) is 10.3 Å². The standard InChI is InChI=1S/C11H25ClP/c1-9(2)13(12,10(3,4)5)11(6,7)8/h9H,1-8H3/q+1. The van der Waals surface area contributed by atoms with Crippen LogP contribution in [-0.2, 0) is 0 Å². The molecule has 0 N–H and O–H groups in total. The Labute approximate surface area is 89.6 Å². The van der Waals surface area contributed by atoms with Crippen molar-refractivity contribution in [1.82, 2.24) is 0 Å². The van der Waals surface area contributed by atoms with Crippen LogP contribution in [0.25, 0.3) is 0 Å². The summed E-state index contributed by atoms with van der Waals surface area (Å²) in [6, 6.07) is 0. The summed E-state index contributed by atoms with van der Waals surface area (Å²) in [7, 11) is 0. The third kappa shape index (κ3) is 2.39. The zero-order valence-corrected chi connectivity index (χ0v) is 12.1. The summed E-state index contributed by atoms with van der Waals surface area (Å²) in [6.07, 6.45) is 0. The minimum absolute atomic E-state index is 0.237. The van der Waals surface area contributed by atoms with Crippen LogP contribution >= 0.6 is 17.9 Å². The predicted molar refractivity (Wildman–Crippen MR) is 67.4 cm³/mol. The summed E-state index contributed by atoms with van der Waals surface area (Å²) in [6.45, 7) is 16.7. The van der Waals surface area contributed by atoms with Crippen molar-refractivity contribution in [3.8, 4) is 0 Å². The van der Waals surface area contributed by atoms with Gasteiger partial charge in [-0.15, -0.1) is 0 Å². The fourth-order valence-corrected chi connectivity index (χ4v) is 7.67. The van der Waals surface area contributed by atoms with Crippen LogP contribution in [0.15, 0.2) is 0 Å². The van der Waals surface area contributed by atoms with Crippen molar-refractivity contribution in [1.29, 1.82) is 0 Å². The van der Waals surface area contributed by atoms with E-state index in [1.807, 2.05) is 0 Å². The Morgan fingerprint density at radius 1 is 0.846 bits per heavy atom. The Bertz CT molecular complexity index is 158. The average molecular weight is 224 g/mol. The van der Waals surface area contributed by atoms with E-state index in [0.29, 0.717) is 5.66 Å². The van der Waals surface area contributed by atoms with Gasteiger partial charge in [-0.2, -0.15) is 0 Å². The summed E-state index contributed by atoms with van der Waals surface area (Å²) in [4.78, 5) is 0. The smallest absolute Gasteiger partial charge is 0.0271 e. The summed E-state index contributed by atoms with van der Waals surface area (Å²) >= 11 is 6.94. The molecular formula is C11H25ClP+. The molecule has 0 aliphatic carbocycles. The second-order valence-electron chi connectivity index (χ2n) is 6.07. The van der Waals surface area contributed by atoms with Gasteiger partial charge in [-0.1, -0.05) is 0 Å². The van der Waals surface area contributed by atoms with Crippen molar-refractivity contribution in [3.05, 3.63) is 0 Å². The summed E-state index contributed by atoms with van der Waals surface area (Å²) in [5.41, 5.74) is 0.592. The fraction of sp³-hybridized carbons (Fsp3) is 1.00. The van der Waals surface area contributed by atoms with Crippen LogP contribution < -0.4 is 0 Å². The topological polar surface area (TPSA) is 0 Å². The molecule has 2 heteroatoms. The van der Waals surface area contributed by atoms with Crippen molar-refractivity contribution >= 4 is 17.9 Å². The molecule has 0 nitrogen and oxygen atoms in total. The molecule has 0 saturated carbocycles. The molecule has 0 rings (SSSR count). The highest BCUT2D eigenvalue weighted by Crippen LogP contribution is 2.83. The Balaban J connectivity index is 5.22. The lowest BCUT2D eigenvalue weighted by Gasteiger charge is -2.43. The molecule has 80 valence electrons. The van der Waals surface area contributed by atoms with Crippen LogP contribution in [-0.4, -0.2) is 16.0 Å². The van der Waals surface area contributed by atoms with E-state index in [4.69, 9.17) is 11.2 Å². The second-order valence-corrected chi connectivity index (χ2v) is 12.7. The number of halogens is 1. The average Bonchev–Trinajstić information content (AvgIpc) is 1.80. The van der Waals surface area contributed by atoms with Crippen molar-refractivity contribution in [3.63, 3.8) is 0 Å². The molecule has 0 aliphatic heterocycles. The highest BCUT2D eigenvalue weighted by atomic mass is 35.7. The van der Waals surface area contributed by atoms with Crippen molar-refractivity contribution in [2.75, 3.05) is 0 Å². The van der Waals surface area contributed by atoms with E-state index in [9.17, 15) is 0 Å². The number of hydrogen-bond acceptors (Lipinski definition) is 0. The van der Waals surface area contributed by atoms with Gasteiger partial charge in [0.2, 0.25) is 0 Å². The molecule has 0 heterocycles. The molecule has 0 atom stereocenters. The van der Waals surface area contributed by atoms with E-state index >= 15 is 0 Å². The molecule has 0 aromatic heterocycles. The van der Waals surface area contributed by atoms with E-state index in [1.165, 1.54) is 0 Å². The van der Waals surface area contributed by atoms with Crippen LogP contribution in [0.2, 0.25) is 0 Å². The molecular weight excluding hydrogens is 199 g/mol. The molecule has 0 bridgehead atoms. The van der Waals surface area contributed by atoms with Gasteiger partial charge >= 0.3 is 0 Å². The number of rotatable bonds is 1. The lowest BCUT2D eigenvalue weighted by atomic mass is 10.2. The molecule has 0 unspecified atom stereocenters. The molecule has 0 radical (unpaired) electrons. The van der Waals surface area contributed by atoms with Gasteiger partial charge in [-0.05, 0) is 55.4 Å². The third-order valence-electron chi connectivity index (χ3n) is 2.66. The third-order valence-corrected chi connectivity index (χ3v) is 12.2. The quantitative estimate of drug-likeness (QED) is 0.539. The van der Waals surface area contributed by atoms with E-state index in [2.05, 4.69) is 55.4 Å². The zero-order chi connectivity index (χ0) is 11.1. The van der Waals surface area contributed by atoms with Gasteiger partial charge in [0.25, 0.3) is 0 Å². The first-order valence-corrected chi connectivity index (χ1v) is 7.79. The van der Waals surface area contributed by atoms with Crippen LogP contribution in [0.5, 0.6) is 0 Å². The molecule has 0 aromatic carbocycles. The first-order chi connectivity index (χ1) is 5.44. The van der Waals surface area contributed by atoms with E-state index in [0.717, 1.165) is 0 Å². The summed E-state index contributed by atoms with van der Waals surface area (Å²) in [5, 5.41) is 0.474. The number of hydrogen-bond donors (Lipinski definition) is 0. The molecule has 0 amide bonds. The van der Waals surface area contributed by atoms with Gasteiger partial charge in [-0.3, -0.25) is 0 Å². The van der Waals surface area contributed by atoms with E-state index < -0.39 is 6.62 Å². The van der Waals surface area contributed by atoms with Gasteiger partial charge in [0, 0.05) is 0 Å². The van der Waals surface area contributed by atoms with Gasteiger partial charge in [-0.25, -0.2) is 0 Å². The highest BCUT2D eigenvalue weighted by molar-refractivity contribution is 8.01. The fourth-order valence-electron chi connectivity index (χ4n) is 2.56. The Hall–Kier alpha value is 0.720. The van der Waals surface area contributed by atoms with Crippen molar-refractivity contribution in [2.45, 2.75) is 71.4 Å². The zero-order valence-electron chi connectivity index (χ0n) is 10.4. The summed E-state index contributed by atoms with van der Waals surface area (Å²) < 4.78 is 0. The van der Waals surface area contributed by atoms with Crippen LogP contribution in [0, 0.1) is 0 Å². The molecule has 0 aromatic rings. The van der Waals surface area contributed by atoms with Gasteiger partial charge in [0.1, 0.15) is 6.62 Å². The van der Waals surface area contributed by atoms with Crippen molar-refractivity contribution < 1.29 is 0 Å². The first-order valence-electron chi connectivity index (χ1n) is 5.03. The Kier molecular flexibility index (Phi) is 3.91. The molecule has 0 spiro atoms. The van der Waals surface area contributed by atoms with Gasteiger partial charge in [0.15, 0.2) is 0 Å². The lowest BCUT2D eigenvalue weighted by Crippen LogP contribution is -2.35. The molecule has 13 heavy (non-hydrogen) atoms. The monoisotopic (exact) mass is 223 g/mol. The van der Waals surface area contributed by atoms with Crippen LogP contribution in [0.3, 0.4) is 0 Å². The van der Waals surface area contributed by atoms with E-state index in [1.54, 1.807) is 0 Å². The lowest BCUT2D eigenvalue weighted by molar-refractivity contribution is 0.684. The van der Waals surface area contributed by atoms with Gasteiger partial charge in [0.05, 0.1) is 27.2 Å². The largest absolute Gasteiger partial charge is 0.126 e. The van der Waals surface area contributed by atoms with Gasteiger partial charge < -0.3 is 0 Å². The van der Waals surface area contributed by atoms with Crippen LogP contribution in [0.4, 0.5) is 0 Å². The summed E-state index contributed by atoms with van der Waals surface area (Å²) in [5.74, 6) is 0. The second kappa shape index (κ2) is 3.70. The SMILES string of the molecule is CC(C)[P+](Cl)(C(C)(C)C)C(C)(C)C. The maximum Gasteiger partial charge on any atom is 0.126 e. The van der Waals surface area contributed by atoms with Crippen molar-refractivity contribution in [2.24, 2.45) is 0 Å². The predicted octanol–water partition coefficient (Wildman–Crippen LogP) is 5.16. The molecule has 0 aliphatic rings. The minimum Gasteiger partial charge on any atom is -0.0271 e. The molecule has 0 fully saturated rings. The molecule has 0 saturated heterocycles. The maximum atomic E-state index is 6.94. The highest BCUT2D eigenvalue weighted by Gasteiger charge is 2.59. The first kappa shape index (κ1) is 13.7. The van der Waals surface area contributed by atoms with Crippen LogP contribution in [0.1, 0.15) is 55.4 Å². The Morgan fingerprint density at radius 2 is 1.08 bits per heavy atom. The minimum atomic E-state index is -1.44. The maximum absolute atomic E-state index is 6.94. The normalized spacial score (nSPS) is 15.2. The Morgan fingerprint density at radius 3 is 1.08 bits per heavy atom.